The second kappa shape index (κ2) is 4.62. The van der Waals surface area contributed by atoms with Crippen LogP contribution in [0.25, 0.3) is 0 Å². The first-order valence-electron chi connectivity index (χ1n) is 3.01. The van der Waals surface area contributed by atoms with E-state index in [-0.39, 0.29) is 24.0 Å². The standard InChI is InChI=1S/C6H7ClF2N2.ClH/c1-11-3-4(2-7)5(10-11)6(8)9;/h3,6H,2H2,1H3;1H. The van der Waals surface area contributed by atoms with E-state index in [1.165, 1.54) is 10.9 Å². The van der Waals surface area contributed by atoms with Crippen LogP contribution in [0, 0.1) is 0 Å². The van der Waals surface area contributed by atoms with Gasteiger partial charge in [-0.25, -0.2) is 8.78 Å². The van der Waals surface area contributed by atoms with Gasteiger partial charge in [0.15, 0.2) is 0 Å². The molecule has 0 aliphatic carbocycles. The van der Waals surface area contributed by atoms with Crippen LogP contribution >= 0.6 is 24.0 Å². The van der Waals surface area contributed by atoms with E-state index in [9.17, 15) is 8.78 Å². The lowest BCUT2D eigenvalue weighted by molar-refractivity contribution is 0.144. The van der Waals surface area contributed by atoms with Crippen molar-refractivity contribution in [3.8, 4) is 0 Å². The predicted molar refractivity (Wildman–Crippen MR) is 45.0 cm³/mol. The summed E-state index contributed by atoms with van der Waals surface area (Å²) in [5.41, 5.74) is 0.173. The van der Waals surface area contributed by atoms with Crippen LogP contribution in [0.4, 0.5) is 8.78 Å². The van der Waals surface area contributed by atoms with E-state index in [1.54, 1.807) is 7.05 Å². The third kappa shape index (κ3) is 2.32. The fourth-order valence-electron chi connectivity index (χ4n) is 0.841. The van der Waals surface area contributed by atoms with Gasteiger partial charge in [-0.05, 0) is 0 Å². The third-order valence-electron chi connectivity index (χ3n) is 1.29. The summed E-state index contributed by atoms with van der Waals surface area (Å²) in [7, 11) is 1.59. The largest absolute Gasteiger partial charge is 0.282 e. The van der Waals surface area contributed by atoms with Crippen molar-refractivity contribution in [1.82, 2.24) is 9.78 Å². The Bertz CT molecular complexity index is 250. The molecule has 2 nitrogen and oxygen atoms in total. The van der Waals surface area contributed by atoms with Crippen LogP contribution in [0.15, 0.2) is 6.20 Å². The Morgan fingerprint density at radius 2 is 2.25 bits per heavy atom. The van der Waals surface area contributed by atoms with Crippen LogP contribution in [0.2, 0.25) is 0 Å². The zero-order valence-corrected chi connectivity index (χ0v) is 7.87. The first kappa shape index (κ1) is 11.6. The molecule has 0 N–H and O–H groups in total. The highest BCUT2D eigenvalue weighted by Gasteiger charge is 2.15. The molecule has 0 saturated heterocycles. The van der Waals surface area contributed by atoms with Crippen molar-refractivity contribution >= 4 is 24.0 Å². The Hall–Kier alpha value is -0.350. The molecule has 70 valence electrons. The molecule has 0 bridgehead atoms. The van der Waals surface area contributed by atoms with Crippen LogP contribution in [0.5, 0.6) is 0 Å². The van der Waals surface area contributed by atoms with Gasteiger partial charge in [0.05, 0.1) is 5.88 Å². The maximum atomic E-state index is 12.1. The lowest BCUT2D eigenvalue weighted by Crippen LogP contribution is -1.91. The third-order valence-corrected chi connectivity index (χ3v) is 1.58. The van der Waals surface area contributed by atoms with E-state index >= 15 is 0 Å². The normalized spacial score (nSPS) is 10.1. The van der Waals surface area contributed by atoms with Gasteiger partial charge in [0.1, 0.15) is 5.69 Å². The summed E-state index contributed by atoms with van der Waals surface area (Å²) >= 11 is 5.40. The number of hydrogen-bond donors (Lipinski definition) is 0. The van der Waals surface area contributed by atoms with Gasteiger partial charge in [0, 0.05) is 18.8 Å². The molecule has 0 saturated carbocycles. The molecule has 1 rings (SSSR count). The molecule has 0 radical (unpaired) electrons. The van der Waals surface area contributed by atoms with Crippen LogP contribution in [-0.2, 0) is 12.9 Å². The Morgan fingerprint density at radius 1 is 1.67 bits per heavy atom. The lowest BCUT2D eigenvalue weighted by atomic mass is 10.3. The van der Waals surface area contributed by atoms with Gasteiger partial charge < -0.3 is 0 Å². The van der Waals surface area contributed by atoms with E-state index < -0.39 is 6.43 Å². The molecule has 0 aliphatic rings. The van der Waals surface area contributed by atoms with E-state index in [0.717, 1.165) is 0 Å². The molecule has 12 heavy (non-hydrogen) atoms. The van der Waals surface area contributed by atoms with Gasteiger partial charge in [-0.2, -0.15) is 5.10 Å². The number of halogens is 4. The molecule has 1 aromatic rings. The van der Waals surface area contributed by atoms with E-state index in [4.69, 9.17) is 11.6 Å². The Kier molecular flexibility index (Phi) is 4.49. The number of rotatable bonds is 2. The molecule has 1 heterocycles. The highest BCUT2D eigenvalue weighted by Crippen LogP contribution is 2.21. The molecule has 0 aromatic carbocycles. The topological polar surface area (TPSA) is 17.8 Å². The fourth-order valence-corrected chi connectivity index (χ4v) is 1.05. The minimum Gasteiger partial charge on any atom is -0.275 e. The average Bonchev–Trinajstić information content (AvgIpc) is 2.30. The summed E-state index contributed by atoms with van der Waals surface area (Å²) in [4.78, 5) is 0. The van der Waals surface area contributed by atoms with E-state index in [0.29, 0.717) is 5.56 Å². The molecule has 0 amide bonds. The smallest absolute Gasteiger partial charge is 0.275 e. The Labute approximate surface area is 79.9 Å². The summed E-state index contributed by atoms with van der Waals surface area (Å²) in [6.07, 6.45) is -1.04. The van der Waals surface area contributed by atoms with Crippen LogP contribution in [0.3, 0.4) is 0 Å². The van der Waals surface area contributed by atoms with Crippen LogP contribution in [0.1, 0.15) is 17.7 Å². The molecule has 0 aliphatic heterocycles. The SMILES string of the molecule is Cl.Cn1cc(CCl)c(C(F)F)n1. The van der Waals surface area contributed by atoms with Crippen LogP contribution in [-0.4, -0.2) is 9.78 Å². The van der Waals surface area contributed by atoms with E-state index in [2.05, 4.69) is 5.10 Å². The van der Waals surface area contributed by atoms with Gasteiger partial charge in [-0.1, -0.05) is 0 Å². The fraction of sp³-hybridized carbons (Fsp3) is 0.500. The number of nitrogens with zero attached hydrogens (tertiary/aromatic N) is 2. The van der Waals surface area contributed by atoms with E-state index in [1.807, 2.05) is 0 Å². The number of hydrogen-bond acceptors (Lipinski definition) is 1. The van der Waals surface area contributed by atoms with Crippen LogP contribution < -0.4 is 0 Å². The van der Waals surface area contributed by atoms with Gasteiger partial charge >= 0.3 is 0 Å². The summed E-state index contributed by atoms with van der Waals surface area (Å²) in [6, 6.07) is 0. The molecule has 0 atom stereocenters. The molecule has 0 unspecified atom stereocenters. The van der Waals surface area contributed by atoms with Crippen molar-refractivity contribution in [2.24, 2.45) is 7.05 Å². The zero-order valence-electron chi connectivity index (χ0n) is 6.30. The molecule has 0 fully saturated rings. The molecule has 1 aromatic heterocycles. The molecule has 6 heteroatoms. The summed E-state index contributed by atoms with van der Waals surface area (Å²) in [5.74, 6) is 0.0769. The second-order valence-corrected chi connectivity index (χ2v) is 2.41. The van der Waals surface area contributed by atoms with Crippen molar-refractivity contribution in [2.45, 2.75) is 12.3 Å². The first-order valence-corrected chi connectivity index (χ1v) is 3.55. The minimum atomic E-state index is -2.54. The first-order chi connectivity index (χ1) is 5.15. The van der Waals surface area contributed by atoms with Gasteiger partial charge in [0.2, 0.25) is 0 Å². The maximum Gasteiger partial charge on any atom is 0.282 e. The van der Waals surface area contributed by atoms with Gasteiger partial charge in [-0.3, -0.25) is 4.68 Å². The second-order valence-electron chi connectivity index (χ2n) is 2.15. The Morgan fingerprint density at radius 3 is 2.58 bits per heavy atom. The average molecular weight is 217 g/mol. The summed E-state index contributed by atoms with van der Waals surface area (Å²) < 4.78 is 25.5. The highest BCUT2D eigenvalue weighted by atomic mass is 35.5. The van der Waals surface area contributed by atoms with Crippen molar-refractivity contribution in [3.63, 3.8) is 0 Å². The van der Waals surface area contributed by atoms with Crippen molar-refractivity contribution in [2.75, 3.05) is 0 Å². The molecular formula is C6H8Cl2F2N2. The summed E-state index contributed by atoms with van der Waals surface area (Å²) in [5, 5.41) is 3.56. The Balaban J connectivity index is 0.00000121. The molecular weight excluding hydrogens is 209 g/mol. The number of aryl methyl sites for hydroxylation is 1. The highest BCUT2D eigenvalue weighted by molar-refractivity contribution is 6.17. The van der Waals surface area contributed by atoms with Crippen molar-refractivity contribution < 1.29 is 8.78 Å². The van der Waals surface area contributed by atoms with Gasteiger partial charge in [0.25, 0.3) is 6.43 Å². The summed E-state index contributed by atoms with van der Waals surface area (Å²) in [6.45, 7) is 0. The quantitative estimate of drug-likeness (QED) is 0.696. The minimum absolute atomic E-state index is 0. The molecule has 0 spiro atoms. The number of aromatic nitrogens is 2. The zero-order chi connectivity index (χ0) is 8.43. The van der Waals surface area contributed by atoms with Gasteiger partial charge in [-0.15, -0.1) is 24.0 Å². The number of alkyl halides is 3. The lowest BCUT2D eigenvalue weighted by Gasteiger charge is -1.93. The monoisotopic (exact) mass is 216 g/mol. The van der Waals surface area contributed by atoms with Crippen molar-refractivity contribution in [3.05, 3.63) is 17.5 Å². The maximum absolute atomic E-state index is 12.1. The predicted octanol–water partition coefficient (Wildman–Crippen LogP) is 2.52. The van der Waals surface area contributed by atoms with Crippen molar-refractivity contribution in [1.29, 1.82) is 0 Å².